The van der Waals surface area contributed by atoms with Gasteiger partial charge in [0.05, 0.1) is 5.60 Å². The Hall–Kier alpha value is -1.36. The second kappa shape index (κ2) is 4.25. The summed E-state index contributed by atoms with van der Waals surface area (Å²) in [7, 11) is 0. The standard InChI is InChI=1S/C11H18N4O/c1-8-6-9(15-10(12)14-8)13-7-11(2)4-3-5-16-11/h6H,3-5,7H2,1-2H3,(H3,12,13,14,15). The number of nitrogens with one attached hydrogen (secondary N) is 1. The maximum Gasteiger partial charge on any atom is 0.222 e. The summed E-state index contributed by atoms with van der Waals surface area (Å²) in [6, 6.07) is 1.88. The number of aryl methyl sites for hydroxylation is 1. The summed E-state index contributed by atoms with van der Waals surface area (Å²) in [5, 5.41) is 3.25. The first-order valence-electron chi connectivity index (χ1n) is 5.56. The molecule has 1 aromatic rings. The Balaban J connectivity index is 1.98. The highest BCUT2D eigenvalue weighted by atomic mass is 16.5. The highest BCUT2D eigenvalue weighted by Gasteiger charge is 2.29. The van der Waals surface area contributed by atoms with Crippen LogP contribution in [0.1, 0.15) is 25.5 Å². The molecule has 1 saturated heterocycles. The smallest absolute Gasteiger partial charge is 0.222 e. The van der Waals surface area contributed by atoms with Crippen LogP contribution in [0.5, 0.6) is 0 Å². The van der Waals surface area contributed by atoms with E-state index in [0.29, 0.717) is 5.95 Å². The van der Waals surface area contributed by atoms with Gasteiger partial charge in [0, 0.05) is 24.9 Å². The maximum absolute atomic E-state index is 5.69. The van der Waals surface area contributed by atoms with E-state index in [1.807, 2.05) is 13.0 Å². The van der Waals surface area contributed by atoms with E-state index >= 15 is 0 Å². The van der Waals surface area contributed by atoms with E-state index in [4.69, 9.17) is 10.5 Å². The van der Waals surface area contributed by atoms with Gasteiger partial charge < -0.3 is 15.8 Å². The third-order valence-corrected chi connectivity index (χ3v) is 2.82. The van der Waals surface area contributed by atoms with Crippen molar-refractivity contribution in [3.05, 3.63) is 11.8 Å². The highest BCUT2D eigenvalue weighted by molar-refractivity contribution is 5.40. The first-order valence-corrected chi connectivity index (χ1v) is 5.56. The van der Waals surface area contributed by atoms with Gasteiger partial charge in [0.25, 0.3) is 0 Å². The van der Waals surface area contributed by atoms with Gasteiger partial charge in [-0.3, -0.25) is 0 Å². The Labute approximate surface area is 95.4 Å². The fourth-order valence-electron chi connectivity index (χ4n) is 1.94. The SMILES string of the molecule is Cc1cc(NCC2(C)CCCO2)nc(N)n1. The van der Waals surface area contributed by atoms with E-state index < -0.39 is 0 Å². The van der Waals surface area contributed by atoms with E-state index in [9.17, 15) is 0 Å². The molecule has 1 atom stereocenters. The third kappa shape index (κ3) is 2.61. The van der Waals surface area contributed by atoms with Crippen molar-refractivity contribution in [2.45, 2.75) is 32.3 Å². The van der Waals surface area contributed by atoms with Crippen molar-refractivity contribution in [1.29, 1.82) is 0 Å². The minimum atomic E-state index is -0.0758. The van der Waals surface area contributed by atoms with E-state index in [0.717, 1.165) is 37.5 Å². The molecule has 2 heterocycles. The molecule has 88 valence electrons. The predicted octanol–water partition coefficient (Wildman–Crippen LogP) is 1.35. The van der Waals surface area contributed by atoms with Gasteiger partial charge in [0.2, 0.25) is 5.95 Å². The van der Waals surface area contributed by atoms with Crippen LogP contribution in [0, 0.1) is 6.92 Å². The molecule has 5 nitrogen and oxygen atoms in total. The molecule has 0 radical (unpaired) electrons. The lowest BCUT2D eigenvalue weighted by atomic mass is 10.0. The highest BCUT2D eigenvalue weighted by Crippen LogP contribution is 2.25. The van der Waals surface area contributed by atoms with Crippen LogP contribution in [0.3, 0.4) is 0 Å². The lowest BCUT2D eigenvalue weighted by Crippen LogP contribution is -2.32. The topological polar surface area (TPSA) is 73.1 Å². The number of ether oxygens (including phenoxy) is 1. The van der Waals surface area contributed by atoms with Gasteiger partial charge in [-0.25, -0.2) is 4.98 Å². The number of nitrogens with zero attached hydrogens (tertiary/aromatic N) is 2. The fraction of sp³-hybridized carbons (Fsp3) is 0.636. The first-order chi connectivity index (χ1) is 7.57. The summed E-state index contributed by atoms with van der Waals surface area (Å²) in [6.45, 7) is 5.62. The molecule has 1 aliphatic rings. The van der Waals surface area contributed by atoms with Crippen LogP contribution >= 0.6 is 0 Å². The molecule has 0 bridgehead atoms. The summed E-state index contributed by atoms with van der Waals surface area (Å²) >= 11 is 0. The second-order valence-electron chi connectivity index (χ2n) is 4.51. The second-order valence-corrected chi connectivity index (χ2v) is 4.51. The van der Waals surface area contributed by atoms with Crippen molar-refractivity contribution < 1.29 is 4.74 Å². The quantitative estimate of drug-likeness (QED) is 0.807. The number of anilines is 2. The van der Waals surface area contributed by atoms with E-state index in [2.05, 4.69) is 22.2 Å². The van der Waals surface area contributed by atoms with Crippen molar-refractivity contribution in [1.82, 2.24) is 9.97 Å². The van der Waals surface area contributed by atoms with Crippen molar-refractivity contribution in [3.63, 3.8) is 0 Å². The summed E-state index contributed by atoms with van der Waals surface area (Å²) in [4.78, 5) is 8.15. The molecule has 1 unspecified atom stereocenters. The zero-order valence-electron chi connectivity index (χ0n) is 9.79. The molecule has 5 heteroatoms. The van der Waals surface area contributed by atoms with Gasteiger partial charge in [-0.15, -0.1) is 0 Å². The molecule has 1 aliphatic heterocycles. The summed E-state index contributed by atoms with van der Waals surface area (Å²) < 4.78 is 5.69. The average Bonchev–Trinajstić information content (AvgIpc) is 2.62. The van der Waals surface area contributed by atoms with Gasteiger partial charge >= 0.3 is 0 Å². The minimum absolute atomic E-state index is 0.0758. The zero-order chi connectivity index (χ0) is 11.6. The molecule has 2 rings (SSSR count). The predicted molar refractivity (Wildman–Crippen MR) is 63.3 cm³/mol. The molecule has 1 aromatic heterocycles. The van der Waals surface area contributed by atoms with Crippen molar-refractivity contribution in [3.8, 4) is 0 Å². The Bertz CT molecular complexity index is 354. The van der Waals surface area contributed by atoms with Gasteiger partial charge in [-0.05, 0) is 26.7 Å². The number of nitrogens with two attached hydrogens (primary N) is 1. The molecule has 0 amide bonds. The van der Waals surface area contributed by atoms with Gasteiger partial charge in [0.15, 0.2) is 0 Å². The normalized spacial score (nSPS) is 24.6. The molecule has 3 N–H and O–H groups in total. The Morgan fingerprint density at radius 2 is 2.38 bits per heavy atom. The average molecular weight is 222 g/mol. The summed E-state index contributed by atoms with van der Waals surface area (Å²) in [5.41, 5.74) is 6.37. The Kier molecular flexibility index (Phi) is 2.96. The van der Waals surface area contributed by atoms with Gasteiger partial charge in [-0.2, -0.15) is 4.98 Å². The van der Waals surface area contributed by atoms with Crippen LogP contribution in [0.2, 0.25) is 0 Å². The van der Waals surface area contributed by atoms with Gasteiger partial charge in [-0.1, -0.05) is 0 Å². The molecule has 0 aliphatic carbocycles. The minimum Gasteiger partial charge on any atom is -0.373 e. The molecular weight excluding hydrogens is 204 g/mol. The van der Waals surface area contributed by atoms with E-state index in [1.54, 1.807) is 0 Å². The van der Waals surface area contributed by atoms with Crippen molar-refractivity contribution >= 4 is 11.8 Å². The number of rotatable bonds is 3. The molecule has 0 aromatic carbocycles. The molecular formula is C11H18N4O. The Morgan fingerprint density at radius 3 is 3.00 bits per heavy atom. The van der Waals surface area contributed by atoms with Crippen LogP contribution in [-0.2, 0) is 4.74 Å². The molecule has 0 spiro atoms. The van der Waals surface area contributed by atoms with E-state index in [1.165, 1.54) is 0 Å². The lowest BCUT2D eigenvalue weighted by Gasteiger charge is -2.23. The molecule has 0 saturated carbocycles. The number of hydrogen-bond acceptors (Lipinski definition) is 5. The number of aromatic nitrogens is 2. The lowest BCUT2D eigenvalue weighted by molar-refractivity contribution is 0.0315. The molecule has 16 heavy (non-hydrogen) atoms. The zero-order valence-corrected chi connectivity index (χ0v) is 9.79. The summed E-state index contributed by atoms with van der Waals surface area (Å²) in [6.07, 6.45) is 2.21. The number of nitrogen functional groups attached to an aromatic ring is 1. The molecule has 1 fully saturated rings. The first kappa shape index (κ1) is 11.1. The monoisotopic (exact) mass is 222 g/mol. The van der Waals surface area contributed by atoms with Crippen molar-refractivity contribution in [2.24, 2.45) is 0 Å². The van der Waals surface area contributed by atoms with Crippen LogP contribution < -0.4 is 11.1 Å². The Morgan fingerprint density at radius 1 is 1.56 bits per heavy atom. The van der Waals surface area contributed by atoms with Gasteiger partial charge in [0.1, 0.15) is 5.82 Å². The fourth-order valence-corrected chi connectivity index (χ4v) is 1.94. The van der Waals surface area contributed by atoms with Crippen molar-refractivity contribution in [2.75, 3.05) is 24.2 Å². The third-order valence-electron chi connectivity index (χ3n) is 2.82. The van der Waals surface area contributed by atoms with Crippen LogP contribution in [-0.4, -0.2) is 28.7 Å². The number of hydrogen-bond donors (Lipinski definition) is 2. The van der Waals surface area contributed by atoms with Crippen LogP contribution in [0.15, 0.2) is 6.07 Å². The summed E-state index contributed by atoms with van der Waals surface area (Å²) in [5.74, 6) is 1.07. The van der Waals surface area contributed by atoms with Crippen LogP contribution in [0.4, 0.5) is 11.8 Å². The largest absolute Gasteiger partial charge is 0.373 e. The maximum atomic E-state index is 5.69. The van der Waals surface area contributed by atoms with E-state index in [-0.39, 0.29) is 5.60 Å². The van der Waals surface area contributed by atoms with Crippen LogP contribution in [0.25, 0.3) is 0 Å².